The molecule has 0 saturated heterocycles. The van der Waals surface area contributed by atoms with Gasteiger partial charge in [0.15, 0.2) is 11.5 Å². The Bertz CT molecular complexity index is 1530. The monoisotopic (exact) mass is 531 g/mol. The molecule has 2 amide bonds. The first-order valence-corrected chi connectivity index (χ1v) is 12.4. The molecule has 1 aliphatic carbocycles. The van der Waals surface area contributed by atoms with E-state index in [9.17, 15) is 14.0 Å². The predicted molar refractivity (Wildman–Crippen MR) is 143 cm³/mol. The smallest absolute Gasteiger partial charge is 0.291 e. The maximum Gasteiger partial charge on any atom is 0.291 e. The molecule has 0 unspecified atom stereocenters. The number of carbonyl (C=O) groups excluding carboxylic acids is 2. The Morgan fingerprint density at radius 1 is 1.00 bits per heavy atom. The zero-order valence-electron chi connectivity index (χ0n) is 20.4. The number of nitrogens with zero attached hydrogens (tertiary/aromatic N) is 1. The van der Waals surface area contributed by atoms with Crippen LogP contribution in [-0.2, 0) is 6.42 Å². The van der Waals surface area contributed by atoms with Crippen molar-refractivity contribution < 1.29 is 23.1 Å². The molecule has 1 heterocycles. The number of hydrogen-bond acceptors (Lipinski definition) is 5. The van der Waals surface area contributed by atoms with Gasteiger partial charge in [-0.3, -0.25) is 9.59 Å². The van der Waals surface area contributed by atoms with Crippen molar-refractivity contribution in [3.05, 3.63) is 112 Å². The summed E-state index contributed by atoms with van der Waals surface area (Å²) in [7, 11) is 0. The number of ether oxygens (including phenoxy) is 1. The van der Waals surface area contributed by atoms with Crippen LogP contribution in [0.15, 0.2) is 82.3 Å². The molecule has 1 aromatic heterocycles. The van der Waals surface area contributed by atoms with Crippen molar-refractivity contribution in [3.8, 4) is 11.5 Å². The maximum absolute atomic E-state index is 13.3. The van der Waals surface area contributed by atoms with Crippen LogP contribution in [0.2, 0.25) is 5.02 Å². The molecule has 9 heteroatoms. The minimum absolute atomic E-state index is 0.139. The molecular formula is C29H23ClFN3O4. The van der Waals surface area contributed by atoms with E-state index in [1.165, 1.54) is 24.3 Å². The molecule has 0 spiro atoms. The Morgan fingerprint density at radius 2 is 1.76 bits per heavy atom. The fourth-order valence-electron chi connectivity index (χ4n) is 4.26. The molecule has 0 atom stereocenters. The average Bonchev–Trinajstić information content (AvgIpc) is 3.27. The second-order valence-electron chi connectivity index (χ2n) is 8.72. The number of rotatable bonds is 6. The van der Waals surface area contributed by atoms with E-state index in [1.807, 2.05) is 18.2 Å². The Kier molecular flexibility index (Phi) is 7.24. The van der Waals surface area contributed by atoms with Gasteiger partial charge >= 0.3 is 0 Å². The second kappa shape index (κ2) is 10.9. The molecule has 0 saturated carbocycles. The summed E-state index contributed by atoms with van der Waals surface area (Å²) >= 11 is 6.20. The zero-order chi connectivity index (χ0) is 26.6. The molecule has 5 rings (SSSR count). The third-order valence-electron chi connectivity index (χ3n) is 6.09. The lowest BCUT2D eigenvalue weighted by molar-refractivity contribution is 0.0953. The Hall–Kier alpha value is -4.43. The number of benzene rings is 3. The molecule has 3 aromatic carbocycles. The number of amides is 2. The van der Waals surface area contributed by atoms with Crippen LogP contribution in [0.1, 0.15) is 50.6 Å². The van der Waals surface area contributed by atoms with Crippen LogP contribution in [-0.4, -0.2) is 17.5 Å². The molecular weight excluding hydrogens is 509 g/mol. The van der Waals surface area contributed by atoms with Crippen molar-refractivity contribution >= 4 is 34.8 Å². The highest BCUT2D eigenvalue weighted by molar-refractivity contribution is 6.31. The van der Waals surface area contributed by atoms with E-state index in [0.29, 0.717) is 57.6 Å². The van der Waals surface area contributed by atoms with Gasteiger partial charge in [-0.2, -0.15) is 5.10 Å². The fraction of sp³-hybridized carbons (Fsp3) is 0.138. The van der Waals surface area contributed by atoms with Gasteiger partial charge in [0.1, 0.15) is 17.3 Å². The lowest BCUT2D eigenvalue weighted by Gasteiger charge is -2.13. The number of nitrogens with one attached hydrogen (secondary N) is 2. The number of hydrogen-bond donors (Lipinski definition) is 2. The van der Waals surface area contributed by atoms with Crippen LogP contribution in [0, 0.1) is 12.7 Å². The molecule has 0 fully saturated rings. The van der Waals surface area contributed by atoms with Crippen molar-refractivity contribution in [1.29, 1.82) is 0 Å². The highest BCUT2D eigenvalue weighted by Gasteiger charge is 2.28. The first kappa shape index (κ1) is 25.2. The van der Waals surface area contributed by atoms with Crippen molar-refractivity contribution in [1.82, 2.24) is 5.43 Å². The van der Waals surface area contributed by atoms with Crippen LogP contribution in [0.25, 0.3) is 0 Å². The SMILES string of the molecule is Cc1c(C(=O)Nc2cc(Cl)ccc2Oc2ccccc2)oc2c1/C(=N/NC(=O)c1ccc(F)cc1)CCC2. The molecule has 7 nitrogen and oxygen atoms in total. The van der Waals surface area contributed by atoms with E-state index in [1.54, 1.807) is 37.3 Å². The van der Waals surface area contributed by atoms with Gasteiger partial charge in [-0.1, -0.05) is 29.8 Å². The number of anilines is 1. The normalized spacial score (nSPS) is 13.6. The van der Waals surface area contributed by atoms with Gasteiger partial charge in [0, 0.05) is 28.1 Å². The summed E-state index contributed by atoms with van der Waals surface area (Å²) in [5.41, 5.74) is 5.12. The van der Waals surface area contributed by atoms with Crippen molar-refractivity contribution in [2.75, 3.05) is 5.32 Å². The van der Waals surface area contributed by atoms with Crippen LogP contribution in [0.4, 0.5) is 10.1 Å². The Morgan fingerprint density at radius 3 is 2.53 bits per heavy atom. The minimum Gasteiger partial charge on any atom is -0.455 e. The van der Waals surface area contributed by atoms with E-state index in [2.05, 4.69) is 15.8 Å². The molecule has 2 N–H and O–H groups in total. The first-order valence-electron chi connectivity index (χ1n) is 12.0. The van der Waals surface area contributed by atoms with E-state index in [-0.39, 0.29) is 11.3 Å². The molecule has 0 radical (unpaired) electrons. The van der Waals surface area contributed by atoms with Crippen LogP contribution < -0.4 is 15.5 Å². The summed E-state index contributed by atoms with van der Waals surface area (Å²) in [6, 6.07) is 19.3. The van der Waals surface area contributed by atoms with Gasteiger partial charge in [0.25, 0.3) is 11.8 Å². The van der Waals surface area contributed by atoms with Crippen LogP contribution in [0.5, 0.6) is 11.5 Å². The van der Waals surface area contributed by atoms with Gasteiger partial charge in [-0.05, 0) is 74.4 Å². The van der Waals surface area contributed by atoms with E-state index in [0.717, 1.165) is 6.42 Å². The van der Waals surface area contributed by atoms with Crippen molar-refractivity contribution in [2.24, 2.45) is 5.10 Å². The Labute approximate surface area is 223 Å². The number of carbonyl (C=O) groups is 2. The number of para-hydroxylation sites is 1. The lowest BCUT2D eigenvalue weighted by Crippen LogP contribution is -2.22. The quantitative estimate of drug-likeness (QED) is 0.265. The summed E-state index contributed by atoms with van der Waals surface area (Å²) in [6.45, 7) is 1.78. The number of fused-ring (bicyclic) bond motifs is 1. The fourth-order valence-corrected chi connectivity index (χ4v) is 4.44. The van der Waals surface area contributed by atoms with Crippen LogP contribution >= 0.6 is 11.6 Å². The van der Waals surface area contributed by atoms with Crippen molar-refractivity contribution in [2.45, 2.75) is 26.2 Å². The molecule has 1 aliphatic rings. The predicted octanol–water partition coefficient (Wildman–Crippen LogP) is 6.90. The molecule has 0 bridgehead atoms. The summed E-state index contributed by atoms with van der Waals surface area (Å²) in [4.78, 5) is 25.8. The number of aryl methyl sites for hydroxylation is 1. The topological polar surface area (TPSA) is 92.9 Å². The van der Waals surface area contributed by atoms with Gasteiger partial charge in [-0.25, -0.2) is 9.82 Å². The highest BCUT2D eigenvalue weighted by Crippen LogP contribution is 2.34. The van der Waals surface area contributed by atoms with Crippen LogP contribution in [0.3, 0.4) is 0 Å². The largest absolute Gasteiger partial charge is 0.455 e. The molecule has 192 valence electrons. The maximum atomic E-state index is 13.3. The van der Waals surface area contributed by atoms with Gasteiger partial charge < -0.3 is 14.5 Å². The second-order valence-corrected chi connectivity index (χ2v) is 9.16. The summed E-state index contributed by atoms with van der Waals surface area (Å²) in [5, 5.41) is 7.59. The number of furan rings is 1. The number of halogens is 2. The zero-order valence-corrected chi connectivity index (χ0v) is 21.1. The van der Waals surface area contributed by atoms with Crippen molar-refractivity contribution in [3.63, 3.8) is 0 Å². The van der Waals surface area contributed by atoms with E-state index < -0.39 is 17.6 Å². The first-order chi connectivity index (χ1) is 18.4. The van der Waals surface area contributed by atoms with Gasteiger partial charge in [0.2, 0.25) is 0 Å². The number of hydrazone groups is 1. The Balaban J connectivity index is 1.38. The van der Waals surface area contributed by atoms with E-state index in [4.69, 9.17) is 20.8 Å². The third-order valence-corrected chi connectivity index (χ3v) is 6.33. The van der Waals surface area contributed by atoms with Gasteiger partial charge in [0.05, 0.1) is 11.4 Å². The molecule has 0 aliphatic heterocycles. The third kappa shape index (κ3) is 5.45. The molecule has 4 aromatic rings. The van der Waals surface area contributed by atoms with E-state index >= 15 is 0 Å². The summed E-state index contributed by atoms with van der Waals surface area (Å²) in [5.74, 6) is 0.441. The highest BCUT2D eigenvalue weighted by atomic mass is 35.5. The minimum atomic E-state index is -0.466. The summed E-state index contributed by atoms with van der Waals surface area (Å²) in [6.07, 6.45) is 1.98. The summed E-state index contributed by atoms with van der Waals surface area (Å²) < 4.78 is 25.1. The lowest BCUT2D eigenvalue weighted by atomic mass is 9.93. The standard InChI is InChI=1S/C29H23ClFN3O4/c1-17-26-22(33-34-28(35)18-10-13-20(31)14-11-18)8-5-9-25(26)38-27(17)29(36)32-23-16-19(30)12-15-24(23)37-21-6-3-2-4-7-21/h2-4,6-7,10-16H,5,8-9H2,1H3,(H,32,36)(H,34,35)/b33-22+. The van der Waals surface area contributed by atoms with Gasteiger partial charge in [-0.15, -0.1) is 0 Å². The molecule has 38 heavy (non-hydrogen) atoms. The average molecular weight is 532 g/mol.